The second kappa shape index (κ2) is 3.04. The van der Waals surface area contributed by atoms with Gasteiger partial charge < -0.3 is 0 Å². The maximum absolute atomic E-state index is 11.4. The Hall–Kier alpha value is -0.200. The van der Waals surface area contributed by atoms with E-state index in [1.165, 1.54) is 0 Å². The highest BCUT2D eigenvalue weighted by Gasteiger charge is 2.50. The van der Waals surface area contributed by atoms with Gasteiger partial charge in [-0.25, -0.2) is 0 Å². The van der Waals surface area contributed by atoms with Crippen molar-refractivity contribution in [3.63, 3.8) is 0 Å². The normalized spacial score (nSPS) is 13.0. The smallest absolute Gasteiger partial charge is 0.166 e. The van der Waals surface area contributed by atoms with Crippen LogP contribution >= 0.6 is 15.9 Å². The second-order valence-corrected chi connectivity index (χ2v) is 1.98. The van der Waals surface area contributed by atoms with Crippen molar-refractivity contribution in [3.8, 4) is 0 Å². The maximum atomic E-state index is 11.4. The Morgan fingerprint density at radius 1 is 0.909 bits per heavy atom. The minimum Gasteiger partial charge on any atom is -0.166 e. The molecule has 0 bridgehead atoms. The lowest BCUT2D eigenvalue weighted by Gasteiger charge is -2.12. The zero-order valence-electron chi connectivity index (χ0n) is 4.72. The summed E-state index contributed by atoms with van der Waals surface area (Å²) in [6.45, 7) is 0. The van der Waals surface area contributed by atoms with Crippen molar-refractivity contribution in [1.82, 2.24) is 0 Å². The molecule has 0 aromatic carbocycles. The van der Waals surface area contributed by atoms with Crippen molar-refractivity contribution in [3.05, 3.63) is 10.6 Å². The van der Waals surface area contributed by atoms with Gasteiger partial charge in [0.2, 0.25) is 0 Å². The highest BCUT2D eigenvalue weighted by molar-refractivity contribution is 9.11. The third-order valence-electron chi connectivity index (χ3n) is 0.720. The molecule has 0 aliphatic heterocycles. The molecule has 0 aliphatic rings. The predicted octanol–water partition coefficient (Wildman–Crippen LogP) is 3.39. The lowest BCUT2D eigenvalue weighted by atomic mass is 10.3. The van der Waals surface area contributed by atoms with Gasteiger partial charge in [0.1, 0.15) is 5.57 Å². The van der Waals surface area contributed by atoms with Gasteiger partial charge >= 0.3 is 12.4 Å². The Morgan fingerprint density at radius 3 is 1.18 bits per heavy atom. The Kier molecular flexibility index (Phi) is 2.98. The summed E-state index contributed by atoms with van der Waals surface area (Å²) in [5, 5.41) is 0. The minimum atomic E-state index is -5.36. The van der Waals surface area contributed by atoms with Gasteiger partial charge in [0, 0.05) is 0 Å². The molecule has 11 heavy (non-hydrogen) atoms. The Bertz CT molecular complexity index is 146. The minimum absolute atomic E-state index is 0.188. The fraction of sp³-hybridized carbons (Fsp3) is 0.500. The summed E-state index contributed by atoms with van der Waals surface area (Å²) in [6, 6.07) is 0. The van der Waals surface area contributed by atoms with E-state index in [2.05, 4.69) is 0 Å². The van der Waals surface area contributed by atoms with Crippen molar-refractivity contribution in [2.45, 2.75) is 12.4 Å². The van der Waals surface area contributed by atoms with E-state index in [1.54, 1.807) is 0 Å². The summed E-state index contributed by atoms with van der Waals surface area (Å²) in [6.07, 6.45) is -10.7. The molecular formula is C4HBrF6. The SMILES string of the molecule is FC(F)(F)C(=CBr)C(F)(F)F. The summed E-state index contributed by atoms with van der Waals surface area (Å²) >= 11 is 1.99. The van der Waals surface area contributed by atoms with Crippen molar-refractivity contribution in [1.29, 1.82) is 0 Å². The monoisotopic (exact) mass is 242 g/mol. The Balaban J connectivity index is 4.74. The maximum Gasteiger partial charge on any atom is 0.421 e. The van der Waals surface area contributed by atoms with Crippen LogP contribution in [0.1, 0.15) is 0 Å². The van der Waals surface area contributed by atoms with Crippen molar-refractivity contribution in [2.75, 3.05) is 0 Å². The highest BCUT2D eigenvalue weighted by Crippen LogP contribution is 2.38. The molecule has 0 rings (SSSR count). The largest absolute Gasteiger partial charge is 0.421 e. The van der Waals surface area contributed by atoms with E-state index < -0.39 is 17.9 Å². The molecule has 0 unspecified atom stereocenters. The molecule has 66 valence electrons. The predicted molar refractivity (Wildman–Crippen MR) is 29.1 cm³/mol. The van der Waals surface area contributed by atoms with Gasteiger partial charge in [-0.15, -0.1) is 0 Å². The van der Waals surface area contributed by atoms with Crippen molar-refractivity contribution < 1.29 is 26.3 Å². The van der Waals surface area contributed by atoms with E-state index in [-0.39, 0.29) is 4.99 Å². The fourth-order valence-corrected chi connectivity index (χ4v) is 0.804. The number of hydrogen-bond donors (Lipinski definition) is 0. The molecule has 0 heterocycles. The Labute approximate surface area is 66.0 Å². The third kappa shape index (κ3) is 3.13. The molecule has 0 amide bonds. The number of rotatable bonds is 0. The molecular weight excluding hydrogens is 242 g/mol. The van der Waals surface area contributed by atoms with Gasteiger partial charge in [0.15, 0.2) is 0 Å². The van der Waals surface area contributed by atoms with Crippen LogP contribution in [0.25, 0.3) is 0 Å². The van der Waals surface area contributed by atoms with Gasteiger partial charge in [-0.2, -0.15) is 26.3 Å². The van der Waals surface area contributed by atoms with Crippen LogP contribution in [0.15, 0.2) is 10.6 Å². The number of alkyl halides is 6. The molecule has 7 heteroatoms. The summed E-state index contributed by atoms with van der Waals surface area (Å²) in [5.74, 6) is 0. The van der Waals surface area contributed by atoms with Crippen LogP contribution in [0.5, 0.6) is 0 Å². The fourth-order valence-electron chi connectivity index (χ4n) is 0.284. The zero-order valence-corrected chi connectivity index (χ0v) is 6.31. The first-order chi connectivity index (χ1) is 4.69. The van der Waals surface area contributed by atoms with Crippen LogP contribution in [-0.2, 0) is 0 Å². The van der Waals surface area contributed by atoms with Crippen LogP contribution in [0.3, 0.4) is 0 Å². The van der Waals surface area contributed by atoms with Crippen molar-refractivity contribution in [2.24, 2.45) is 0 Å². The average Bonchev–Trinajstić information content (AvgIpc) is 1.56. The van der Waals surface area contributed by atoms with E-state index in [9.17, 15) is 26.3 Å². The Morgan fingerprint density at radius 2 is 1.18 bits per heavy atom. The molecule has 0 spiro atoms. The summed E-state index contributed by atoms with van der Waals surface area (Å²) in [7, 11) is 0. The molecule has 0 saturated heterocycles. The molecule has 0 aromatic rings. The molecule has 0 nitrogen and oxygen atoms in total. The van der Waals surface area contributed by atoms with Crippen LogP contribution < -0.4 is 0 Å². The molecule has 0 fully saturated rings. The van der Waals surface area contributed by atoms with E-state index in [0.717, 1.165) is 0 Å². The van der Waals surface area contributed by atoms with E-state index in [1.807, 2.05) is 15.9 Å². The quantitative estimate of drug-likeness (QED) is 0.572. The third-order valence-corrected chi connectivity index (χ3v) is 1.18. The number of halogens is 7. The molecule has 0 aliphatic carbocycles. The molecule has 0 atom stereocenters. The number of hydrogen-bond acceptors (Lipinski definition) is 0. The molecule has 0 N–H and O–H groups in total. The summed E-state index contributed by atoms with van der Waals surface area (Å²) < 4.78 is 68.4. The van der Waals surface area contributed by atoms with Gasteiger partial charge in [0.05, 0.1) is 0 Å². The first-order valence-corrected chi connectivity index (χ1v) is 3.06. The first-order valence-electron chi connectivity index (χ1n) is 2.14. The van der Waals surface area contributed by atoms with E-state index in [4.69, 9.17) is 0 Å². The van der Waals surface area contributed by atoms with Gasteiger partial charge in [-0.1, -0.05) is 15.9 Å². The highest BCUT2D eigenvalue weighted by atomic mass is 79.9. The number of allylic oxidation sites excluding steroid dienone is 1. The summed E-state index contributed by atoms with van der Waals surface area (Å²) in [4.78, 5) is -0.188. The van der Waals surface area contributed by atoms with Gasteiger partial charge in [-0.05, 0) is 4.99 Å². The topological polar surface area (TPSA) is 0 Å². The van der Waals surface area contributed by atoms with Crippen LogP contribution in [0.4, 0.5) is 26.3 Å². The van der Waals surface area contributed by atoms with Crippen LogP contribution in [-0.4, -0.2) is 12.4 Å². The van der Waals surface area contributed by atoms with Gasteiger partial charge in [-0.3, -0.25) is 0 Å². The van der Waals surface area contributed by atoms with E-state index in [0.29, 0.717) is 0 Å². The van der Waals surface area contributed by atoms with Crippen molar-refractivity contribution >= 4 is 15.9 Å². The second-order valence-electron chi connectivity index (χ2n) is 1.52. The first kappa shape index (κ1) is 10.8. The standard InChI is InChI=1S/C4HBrF6/c5-1-2(3(6,7)8)4(9,10)11/h1H. The molecule has 0 saturated carbocycles. The van der Waals surface area contributed by atoms with Crippen LogP contribution in [0, 0.1) is 0 Å². The van der Waals surface area contributed by atoms with Gasteiger partial charge in [0.25, 0.3) is 0 Å². The van der Waals surface area contributed by atoms with E-state index >= 15 is 0 Å². The lowest BCUT2D eigenvalue weighted by Crippen LogP contribution is -2.25. The average molecular weight is 243 g/mol. The molecule has 0 radical (unpaired) electrons. The van der Waals surface area contributed by atoms with Crippen LogP contribution in [0.2, 0.25) is 0 Å². The summed E-state index contributed by atoms with van der Waals surface area (Å²) in [5.41, 5.74) is -2.55. The molecule has 0 aromatic heterocycles. The zero-order chi connectivity index (χ0) is 9.28. The lowest BCUT2D eigenvalue weighted by molar-refractivity contribution is -0.171.